The predicted octanol–water partition coefficient (Wildman–Crippen LogP) is 9.15. The molecular weight excluding hydrogens is 903 g/mol. The second-order valence-electron chi connectivity index (χ2n) is 17.2. The fourth-order valence-electron chi connectivity index (χ4n) is 9.47. The Morgan fingerprint density at radius 1 is 0.844 bits per heavy atom. The van der Waals surface area contributed by atoms with E-state index in [1.54, 1.807) is 24.3 Å². The maximum Gasteiger partial charge on any atom is 0.501 e. The van der Waals surface area contributed by atoms with E-state index in [-0.39, 0.29) is 5.56 Å². The number of rotatable bonds is 16. The Morgan fingerprint density at radius 3 is 2.22 bits per heavy atom. The van der Waals surface area contributed by atoms with Gasteiger partial charge in [0.05, 0.1) is 9.79 Å². The highest BCUT2D eigenvalue weighted by Crippen LogP contribution is 2.38. The van der Waals surface area contributed by atoms with Crippen molar-refractivity contribution in [1.29, 1.82) is 0 Å². The van der Waals surface area contributed by atoms with Crippen molar-refractivity contribution in [3.63, 3.8) is 0 Å². The summed E-state index contributed by atoms with van der Waals surface area (Å²) in [5, 5.41) is 0.722. The van der Waals surface area contributed by atoms with Crippen LogP contribution >= 0.6 is 23.4 Å². The van der Waals surface area contributed by atoms with Gasteiger partial charge in [-0.25, -0.2) is 13.8 Å². The average Bonchev–Trinajstić information content (AvgIpc) is 3.94. The zero-order chi connectivity index (χ0) is 45.1. The van der Waals surface area contributed by atoms with Gasteiger partial charge in [0.15, 0.2) is 0 Å². The number of hydrazine groups is 1. The third-order valence-electron chi connectivity index (χ3n) is 13.0. The first-order valence-electron chi connectivity index (χ1n) is 21.9. The number of carbonyl (C=O) groups is 1. The van der Waals surface area contributed by atoms with Gasteiger partial charge in [-0.15, -0.1) is 11.8 Å². The number of thioether (sulfide) groups is 1. The van der Waals surface area contributed by atoms with Crippen LogP contribution in [-0.2, 0) is 19.9 Å². The van der Waals surface area contributed by atoms with Crippen LogP contribution in [0.5, 0.6) is 0 Å². The van der Waals surface area contributed by atoms with E-state index in [0.717, 1.165) is 92.7 Å². The van der Waals surface area contributed by atoms with Gasteiger partial charge in [-0.2, -0.15) is 26.0 Å². The number of hydrogen-bond acceptors (Lipinski definition) is 10. The number of nitrogens with one attached hydrogen (secondary N) is 1. The Bertz CT molecular complexity index is 2520. The van der Waals surface area contributed by atoms with Crippen LogP contribution in [0.15, 0.2) is 123 Å². The molecule has 1 N–H and O–H groups in total. The molecule has 0 radical (unpaired) electrons. The highest BCUT2D eigenvalue weighted by Gasteiger charge is 2.47. The second-order valence-corrected chi connectivity index (χ2v) is 22.4. The summed E-state index contributed by atoms with van der Waals surface area (Å²) in [4.78, 5) is 20.6. The Labute approximate surface area is 383 Å². The number of alkyl halides is 3. The predicted molar refractivity (Wildman–Crippen MR) is 246 cm³/mol. The summed E-state index contributed by atoms with van der Waals surface area (Å²) in [6, 6.07) is 27.2. The molecule has 2 aliphatic carbocycles. The quantitative estimate of drug-likeness (QED) is 0.0863. The third-order valence-corrected chi connectivity index (χ3v) is 17.5. The summed E-state index contributed by atoms with van der Waals surface area (Å²) in [5.74, 6) is 0.0414. The molecule has 2 heterocycles. The molecule has 2 aliphatic heterocycles. The summed E-state index contributed by atoms with van der Waals surface area (Å²) in [7, 11) is -10.9. The number of nitrogens with zero attached hydrogens (tertiary/aromatic N) is 4. The van der Waals surface area contributed by atoms with Crippen molar-refractivity contribution in [2.75, 3.05) is 56.5 Å². The number of sulfonamides is 1. The Morgan fingerprint density at radius 2 is 1.55 bits per heavy atom. The molecule has 8 rings (SSSR count). The molecule has 4 aromatic rings. The van der Waals surface area contributed by atoms with Gasteiger partial charge in [-0.3, -0.25) is 9.69 Å². The van der Waals surface area contributed by atoms with E-state index in [1.165, 1.54) is 47.7 Å². The zero-order valence-corrected chi connectivity index (χ0v) is 38.6. The van der Waals surface area contributed by atoms with E-state index in [9.17, 15) is 34.8 Å². The molecule has 64 heavy (non-hydrogen) atoms. The van der Waals surface area contributed by atoms with E-state index in [2.05, 4.69) is 32.3 Å². The Balaban J connectivity index is 1.02. The van der Waals surface area contributed by atoms with Crippen LogP contribution in [0.25, 0.3) is 5.57 Å². The number of amides is 1. The number of likely N-dealkylation sites (tertiary alicyclic amines) is 1. The lowest BCUT2D eigenvalue weighted by molar-refractivity contribution is -0.0436. The molecule has 0 aromatic heterocycles. The first-order valence-corrected chi connectivity index (χ1v) is 26.2. The van der Waals surface area contributed by atoms with Gasteiger partial charge >= 0.3 is 5.51 Å². The number of halogens is 4. The molecule has 2 saturated heterocycles. The van der Waals surface area contributed by atoms with Gasteiger partial charge in [0.25, 0.3) is 25.8 Å². The highest BCUT2D eigenvalue weighted by atomic mass is 35.5. The van der Waals surface area contributed by atoms with Gasteiger partial charge < -0.3 is 9.80 Å². The van der Waals surface area contributed by atoms with Crippen molar-refractivity contribution in [3.8, 4) is 0 Å². The van der Waals surface area contributed by atoms with Gasteiger partial charge in [0.2, 0.25) is 0 Å². The van der Waals surface area contributed by atoms with Crippen molar-refractivity contribution in [1.82, 2.24) is 19.6 Å². The van der Waals surface area contributed by atoms with Crippen LogP contribution in [0.1, 0.15) is 67.3 Å². The number of piperidine rings is 1. The molecule has 4 aliphatic rings. The number of sulfone groups is 1. The van der Waals surface area contributed by atoms with Crippen molar-refractivity contribution < 1.29 is 34.8 Å². The number of piperazine rings is 1. The highest BCUT2D eigenvalue weighted by molar-refractivity contribution is 7.99. The van der Waals surface area contributed by atoms with Gasteiger partial charge in [-0.1, -0.05) is 53.6 Å². The van der Waals surface area contributed by atoms with Crippen molar-refractivity contribution in [2.24, 2.45) is 5.92 Å². The first kappa shape index (κ1) is 46.6. The Hall–Kier alpha value is -3.90. The van der Waals surface area contributed by atoms with E-state index < -0.39 is 47.1 Å². The summed E-state index contributed by atoms with van der Waals surface area (Å²) in [6.45, 7) is 5.65. The summed E-state index contributed by atoms with van der Waals surface area (Å²) < 4.78 is 95.5. The maximum absolute atomic E-state index is 14.6. The van der Waals surface area contributed by atoms with E-state index in [1.807, 2.05) is 42.5 Å². The van der Waals surface area contributed by atoms with Crippen LogP contribution < -0.4 is 10.3 Å². The Kier molecular flexibility index (Phi) is 14.5. The van der Waals surface area contributed by atoms with E-state index in [4.69, 9.17) is 11.6 Å². The van der Waals surface area contributed by atoms with Crippen molar-refractivity contribution in [3.05, 3.63) is 125 Å². The lowest BCUT2D eigenvalue weighted by Gasteiger charge is -2.37. The fraction of sp³-hybridized carbons (Fsp3) is 0.426. The number of benzene rings is 4. The molecular formula is C47H53ClF3N5O5S3. The molecule has 4 aromatic carbocycles. The minimum atomic E-state index is -5.90. The van der Waals surface area contributed by atoms with Crippen molar-refractivity contribution >= 4 is 60.4 Å². The third kappa shape index (κ3) is 10.7. The smallest absolute Gasteiger partial charge is 0.369 e. The number of allylic oxidation sites excluding steroid dienone is 1. The van der Waals surface area contributed by atoms with Gasteiger partial charge in [-0.05, 0) is 135 Å². The number of carbonyl (C=O) groups excluding carboxylic acids is 1. The molecule has 1 amide bonds. The second kappa shape index (κ2) is 19.9. The molecule has 1 saturated carbocycles. The van der Waals surface area contributed by atoms with Crippen LogP contribution in [-0.4, -0.2) is 106 Å². The van der Waals surface area contributed by atoms with Crippen LogP contribution in [0.4, 0.5) is 18.9 Å². The van der Waals surface area contributed by atoms with Crippen molar-refractivity contribution in [2.45, 2.75) is 83.6 Å². The molecule has 3 fully saturated rings. The van der Waals surface area contributed by atoms with Crippen LogP contribution in [0.2, 0.25) is 5.02 Å². The van der Waals surface area contributed by atoms with E-state index in [0.29, 0.717) is 47.2 Å². The van der Waals surface area contributed by atoms with Crippen LogP contribution in [0.3, 0.4) is 0 Å². The minimum absolute atomic E-state index is 0.0304. The normalized spacial score (nSPS) is 20.5. The summed E-state index contributed by atoms with van der Waals surface area (Å²) >= 11 is 7.66. The molecule has 0 unspecified atom stereocenters. The van der Waals surface area contributed by atoms with Gasteiger partial charge in [0.1, 0.15) is 0 Å². The standard InChI is InChI=1S/C47H53ClF3N5O5S3/c48-38-18-14-35(15-19-38)45-12-5-4-7-37(45)32-53-25-27-54(28-26-53)40-21-16-36(17-22-40)46(57)56(64(60,61)44-11-6-10-43(30-44)63(58,59)47(49,50)51)52-39(33-62-42-8-2-1-3-9-42)23-24-55-31-34-13-20-41(55)29-34/h1-3,6,8-11,14-19,21-22,30,34,39,41,52H,4-5,7,12-13,20,23-29,31-33H2/t34-,39-,41+/m1/s1. The lowest BCUT2D eigenvalue weighted by Crippen LogP contribution is -2.53. The first-order chi connectivity index (χ1) is 30.7. The number of fused-ring (bicyclic) bond motifs is 2. The molecule has 10 nitrogen and oxygen atoms in total. The summed E-state index contributed by atoms with van der Waals surface area (Å²) in [5.41, 5.74) is 2.34. The summed E-state index contributed by atoms with van der Waals surface area (Å²) in [6.07, 6.45) is 8.35. The minimum Gasteiger partial charge on any atom is -0.369 e. The average molecular weight is 957 g/mol. The number of anilines is 1. The number of hydrogen-bond donors (Lipinski definition) is 1. The monoisotopic (exact) mass is 955 g/mol. The zero-order valence-electron chi connectivity index (χ0n) is 35.4. The molecule has 342 valence electrons. The molecule has 3 atom stereocenters. The van der Waals surface area contributed by atoms with Gasteiger partial charge in [0, 0.05) is 84.8 Å². The topological polar surface area (TPSA) is 110 Å². The SMILES string of the molecule is O=C(c1ccc(N2CCN(CC3=C(c4ccc(Cl)cc4)CCCC3)CC2)cc1)N(N[C@H](CCN1C[C@@H]2CC[C@H]1C2)CSc1ccccc1)S(=O)(=O)c1cccc(S(=O)(=O)C(F)(F)F)c1. The fourth-order valence-corrected chi connectivity index (χ4v) is 12.8. The molecule has 2 bridgehead atoms. The lowest BCUT2D eigenvalue weighted by atomic mass is 9.87. The maximum atomic E-state index is 14.6. The largest absolute Gasteiger partial charge is 0.501 e. The van der Waals surface area contributed by atoms with E-state index >= 15 is 0 Å². The molecule has 17 heteroatoms. The van der Waals surface area contributed by atoms with Crippen LogP contribution in [0, 0.1) is 5.92 Å². The molecule has 0 spiro atoms.